The van der Waals surface area contributed by atoms with Gasteiger partial charge < -0.3 is 10.4 Å². The zero-order valence-electron chi connectivity index (χ0n) is 9.03. The first-order chi connectivity index (χ1) is 7.61. The molecule has 2 rings (SSSR count). The minimum atomic E-state index is -0.821. The Labute approximate surface area is 93.3 Å². The van der Waals surface area contributed by atoms with Crippen LogP contribution < -0.4 is 5.32 Å². The predicted molar refractivity (Wildman–Crippen MR) is 57.9 cm³/mol. The fraction of sp³-hybridized carbons (Fsp3) is 0.417. The molecule has 0 spiro atoms. The van der Waals surface area contributed by atoms with Gasteiger partial charge in [0.15, 0.2) is 0 Å². The summed E-state index contributed by atoms with van der Waals surface area (Å²) in [6, 6.07) is 4.85. The summed E-state index contributed by atoms with van der Waals surface area (Å²) in [5.41, 5.74) is 1.36. The van der Waals surface area contributed by atoms with Gasteiger partial charge in [0.2, 0.25) is 0 Å². The van der Waals surface area contributed by atoms with E-state index in [0.29, 0.717) is 18.7 Å². The molecule has 1 aromatic rings. The number of hydrogen-bond acceptors (Lipinski definition) is 2. The summed E-state index contributed by atoms with van der Waals surface area (Å²) >= 11 is 0. The Bertz CT molecular complexity index is 419. The average Bonchev–Trinajstić information content (AvgIpc) is 2.70. The van der Waals surface area contributed by atoms with Gasteiger partial charge in [0.1, 0.15) is 5.82 Å². The molecule has 4 heteroatoms. The van der Waals surface area contributed by atoms with Gasteiger partial charge in [-0.05, 0) is 24.1 Å². The number of carbonyl (C=O) groups is 1. The third kappa shape index (κ3) is 1.80. The highest BCUT2D eigenvalue weighted by Gasteiger charge is 2.34. The molecule has 1 aromatic carbocycles. The second-order valence-electron chi connectivity index (χ2n) is 4.16. The molecule has 0 saturated carbocycles. The molecular weight excluding hydrogens is 209 g/mol. The Kier molecular flexibility index (Phi) is 2.92. The number of aliphatic carboxylic acids is 1. The molecule has 1 saturated heterocycles. The average molecular weight is 223 g/mol. The van der Waals surface area contributed by atoms with Crippen LogP contribution in [0.4, 0.5) is 4.39 Å². The zero-order valence-corrected chi connectivity index (χ0v) is 9.03. The molecule has 1 fully saturated rings. The van der Waals surface area contributed by atoms with E-state index >= 15 is 0 Å². The van der Waals surface area contributed by atoms with E-state index in [1.807, 2.05) is 6.07 Å². The largest absolute Gasteiger partial charge is 0.481 e. The monoisotopic (exact) mass is 223 g/mol. The van der Waals surface area contributed by atoms with E-state index < -0.39 is 11.9 Å². The summed E-state index contributed by atoms with van der Waals surface area (Å²) in [7, 11) is 0. The van der Waals surface area contributed by atoms with Gasteiger partial charge in [0.25, 0.3) is 0 Å². The molecule has 0 amide bonds. The number of hydrogen-bond donors (Lipinski definition) is 2. The minimum Gasteiger partial charge on any atom is -0.481 e. The number of rotatable bonds is 2. The quantitative estimate of drug-likeness (QED) is 0.799. The molecule has 16 heavy (non-hydrogen) atoms. The molecule has 1 aliphatic heterocycles. The SMILES string of the molecule is Cc1c(F)cccc1C1CNCC1C(=O)O. The van der Waals surface area contributed by atoms with Crippen molar-refractivity contribution in [1.29, 1.82) is 0 Å². The van der Waals surface area contributed by atoms with Gasteiger partial charge in [-0.15, -0.1) is 0 Å². The van der Waals surface area contributed by atoms with Crippen LogP contribution in [0.3, 0.4) is 0 Å². The van der Waals surface area contributed by atoms with Crippen LogP contribution in [-0.2, 0) is 4.79 Å². The van der Waals surface area contributed by atoms with Crippen LogP contribution in [0.15, 0.2) is 18.2 Å². The number of carboxylic acid groups (broad SMARTS) is 1. The Balaban J connectivity index is 2.36. The second kappa shape index (κ2) is 4.22. The Morgan fingerprint density at radius 2 is 2.25 bits per heavy atom. The van der Waals surface area contributed by atoms with Crippen molar-refractivity contribution in [3.63, 3.8) is 0 Å². The third-order valence-electron chi connectivity index (χ3n) is 3.24. The normalized spacial score (nSPS) is 24.6. The van der Waals surface area contributed by atoms with Gasteiger partial charge in [0.05, 0.1) is 5.92 Å². The highest BCUT2D eigenvalue weighted by Crippen LogP contribution is 2.31. The zero-order chi connectivity index (χ0) is 11.7. The van der Waals surface area contributed by atoms with Crippen LogP contribution in [0.2, 0.25) is 0 Å². The lowest BCUT2D eigenvalue weighted by molar-refractivity contribution is -0.141. The summed E-state index contributed by atoms with van der Waals surface area (Å²) in [5, 5.41) is 12.1. The predicted octanol–water partition coefficient (Wildman–Crippen LogP) is 1.52. The lowest BCUT2D eigenvalue weighted by Gasteiger charge is -2.17. The van der Waals surface area contributed by atoms with Crippen molar-refractivity contribution in [3.05, 3.63) is 35.1 Å². The summed E-state index contributed by atoms with van der Waals surface area (Å²) in [6.45, 7) is 2.75. The van der Waals surface area contributed by atoms with Gasteiger partial charge in [-0.3, -0.25) is 4.79 Å². The van der Waals surface area contributed by atoms with Gasteiger partial charge in [0, 0.05) is 19.0 Å². The standard InChI is InChI=1S/C12H14FNO2/c1-7-8(3-2-4-11(7)13)9-5-14-6-10(9)12(15)16/h2-4,9-10,14H,5-6H2,1H3,(H,15,16). The lowest BCUT2D eigenvalue weighted by atomic mass is 9.86. The van der Waals surface area contributed by atoms with Crippen LogP contribution in [0.25, 0.3) is 0 Å². The van der Waals surface area contributed by atoms with Crippen molar-refractivity contribution in [2.24, 2.45) is 5.92 Å². The van der Waals surface area contributed by atoms with Crippen LogP contribution in [0.1, 0.15) is 17.0 Å². The van der Waals surface area contributed by atoms with E-state index in [1.165, 1.54) is 6.07 Å². The first-order valence-corrected chi connectivity index (χ1v) is 5.30. The molecule has 1 heterocycles. The molecule has 3 nitrogen and oxygen atoms in total. The minimum absolute atomic E-state index is 0.131. The molecule has 0 aliphatic carbocycles. The Morgan fingerprint density at radius 1 is 1.50 bits per heavy atom. The van der Waals surface area contributed by atoms with Crippen molar-refractivity contribution < 1.29 is 14.3 Å². The molecule has 1 aliphatic rings. The van der Waals surface area contributed by atoms with Crippen molar-refractivity contribution in [2.75, 3.05) is 13.1 Å². The summed E-state index contributed by atoms with van der Waals surface area (Å²) in [4.78, 5) is 11.0. The fourth-order valence-corrected chi connectivity index (χ4v) is 2.29. The summed E-state index contributed by atoms with van der Waals surface area (Å²) < 4.78 is 13.4. The van der Waals surface area contributed by atoms with Crippen LogP contribution in [0, 0.1) is 18.7 Å². The Morgan fingerprint density at radius 3 is 2.94 bits per heavy atom. The maximum absolute atomic E-state index is 13.4. The van der Waals surface area contributed by atoms with Gasteiger partial charge in [-0.25, -0.2) is 4.39 Å². The van der Waals surface area contributed by atoms with E-state index in [0.717, 1.165) is 5.56 Å². The maximum atomic E-state index is 13.4. The van der Waals surface area contributed by atoms with Crippen molar-refractivity contribution in [3.8, 4) is 0 Å². The van der Waals surface area contributed by atoms with Gasteiger partial charge >= 0.3 is 5.97 Å². The summed E-state index contributed by atoms with van der Waals surface area (Å²) in [6.07, 6.45) is 0. The summed E-state index contributed by atoms with van der Waals surface area (Å²) in [5.74, 6) is -1.68. The molecule has 2 N–H and O–H groups in total. The fourth-order valence-electron chi connectivity index (χ4n) is 2.29. The highest BCUT2D eigenvalue weighted by molar-refractivity contribution is 5.72. The smallest absolute Gasteiger partial charge is 0.308 e. The first-order valence-electron chi connectivity index (χ1n) is 5.30. The van der Waals surface area contributed by atoms with Gasteiger partial charge in [-0.2, -0.15) is 0 Å². The maximum Gasteiger partial charge on any atom is 0.308 e. The Hall–Kier alpha value is -1.42. The first kappa shape index (κ1) is 11.1. The van der Waals surface area contributed by atoms with E-state index in [4.69, 9.17) is 5.11 Å². The van der Waals surface area contributed by atoms with Crippen molar-refractivity contribution in [1.82, 2.24) is 5.32 Å². The number of benzene rings is 1. The van der Waals surface area contributed by atoms with Gasteiger partial charge in [-0.1, -0.05) is 12.1 Å². The van der Waals surface area contributed by atoms with Crippen molar-refractivity contribution >= 4 is 5.97 Å². The molecule has 86 valence electrons. The number of nitrogens with one attached hydrogen (secondary N) is 1. The van der Waals surface area contributed by atoms with E-state index in [2.05, 4.69) is 5.32 Å². The van der Waals surface area contributed by atoms with Crippen molar-refractivity contribution in [2.45, 2.75) is 12.8 Å². The molecular formula is C12H14FNO2. The molecule has 0 aromatic heterocycles. The number of halogens is 1. The molecule has 0 radical (unpaired) electrons. The highest BCUT2D eigenvalue weighted by atomic mass is 19.1. The van der Waals surface area contributed by atoms with E-state index in [1.54, 1.807) is 13.0 Å². The third-order valence-corrected chi connectivity index (χ3v) is 3.24. The van der Waals surface area contributed by atoms with E-state index in [-0.39, 0.29) is 11.7 Å². The lowest BCUT2D eigenvalue weighted by Crippen LogP contribution is -2.21. The molecule has 2 atom stereocenters. The molecule has 0 bridgehead atoms. The van der Waals surface area contributed by atoms with Crippen LogP contribution >= 0.6 is 0 Å². The van der Waals surface area contributed by atoms with E-state index in [9.17, 15) is 9.18 Å². The second-order valence-corrected chi connectivity index (χ2v) is 4.16. The van der Waals surface area contributed by atoms with Crippen LogP contribution in [0.5, 0.6) is 0 Å². The molecule has 2 unspecified atom stereocenters. The number of carboxylic acids is 1. The topological polar surface area (TPSA) is 49.3 Å². The van der Waals surface area contributed by atoms with Crippen LogP contribution in [-0.4, -0.2) is 24.2 Å².